The second-order valence-electron chi connectivity index (χ2n) is 4.80. The molecule has 1 aromatic heterocycles. The highest BCUT2D eigenvalue weighted by Gasteiger charge is 2.44. The third-order valence-electron chi connectivity index (χ3n) is 3.36. The summed E-state index contributed by atoms with van der Waals surface area (Å²) < 4.78 is 38.5. The highest BCUT2D eigenvalue weighted by Crippen LogP contribution is 2.45. The van der Waals surface area contributed by atoms with E-state index in [4.69, 9.17) is 0 Å². The Morgan fingerprint density at radius 3 is 2.71 bits per heavy atom. The van der Waals surface area contributed by atoms with Crippen molar-refractivity contribution in [1.29, 1.82) is 0 Å². The molecule has 1 aliphatic rings. The fraction of sp³-hybridized carbons (Fsp3) is 0.583. The van der Waals surface area contributed by atoms with Crippen LogP contribution in [-0.4, -0.2) is 10.1 Å². The lowest BCUT2D eigenvalue weighted by Crippen LogP contribution is -2.26. The van der Waals surface area contributed by atoms with Crippen molar-refractivity contribution >= 4 is 0 Å². The molecule has 0 aromatic carbocycles. The maximum atomic E-state index is 12.8. The number of hydrogen-bond acceptors (Lipinski definition) is 2. The molecule has 1 aromatic rings. The zero-order chi connectivity index (χ0) is 12.7. The summed E-state index contributed by atoms with van der Waals surface area (Å²) in [5, 5.41) is 10.3. The molecule has 1 fully saturated rings. The Labute approximate surface area is 97.5 Å². The molecule has 1 saturated carbocycles. The van der Waals surface area contributed by atoms with E-state index in [0.29, 0.717) is 12.8 Å². The number of alkyl halides is 3. The predicted molar refractivity (Wildman–Crippen MR) is 56.2 cm³/mol. The topological polar surface area (TPSA) is 33.1 Å². The molecule has 94 valence electrons. The Kier molecular flexibility index (Phi) is 2.89. The highest BCUT2D eigenvalue weighted by atomic mass is 19.4. The van der Waals surface area contributed by atoms with Gasteiger partial charge >= 0.3 is 6.18 Å². The lowest BCUT2D eigenvalue weighted by molar-refractivity contribution is -0.140. The Morgan fingerprint density at radius 1 is 1.47 bits per heavy atom. The van der Waals surface area contributed by atoms with Gasteiger partial charge in [-0.2, -0.15) is 13.2 Å². The molecule has 2 atom stereocenters. The Hall–Kier alpha value is -1.10. The number of hydrogen-bond donors (Lipinski definition) is 1. The monoisotopic (exact) mass is 245 g/mol. The first-order chi connectivity index (χ1) is 7.83. The molecule has 0 amide bonds. The van der Waals surface area contributed by atoms with Crippen molar-refractivity contribution in [3.63, 3.8) is 0 Å². The van der Waals surface area contributed by atoms with Gasteiger partial charge in [0.05, 0.1) is 11.2 Å². The average Bonchev–Trinajstić information content (AvgIpc) is 2.59. The summed E-state index contributed by atoms with van der Waals surface area (Å²) in [6.45, 7) is 1.93. The van der Waals surface area contributed by atoms with Crippen molar-refractivity contribution in [3.05, 3.63) is 29.6 Å². The molecule has 0 saturated heterocycles. The van der Waals surface area contributed by atoms with Crippen molar-refractivity contribution in [1.82, 2.24) is 4.98 Å². The van der Waals surface area contributed by atoms with Crippen LogP contribution < -0.4 is 0 Å². The Bertz CT molecular complexity index is 418. The zero-order valence-corrected chi connectivity index (χ0v) is 9.46. The van der Waals surface area contributed by atoms with Crippen molar-refractivity contribution in [3.8, 4) is 0 Å². The number of rotatable bonds is 1. The molecular formula is C12H14F3NO. The number of pyridine rings is 1. The molecule has 17 heavy (non-hydrogen) atoms. The lowest BCUT2D eigenvalue weighted by atomic mass is 9.89. The molecule has 2 nitrogen and oxygen atoms in total. The minimum absolute atomic E-state index is 0.0862. The van der Waals surface area contributed by atoms with E-state index in [9.17, 15) is 18.3 Å². The van der Waals surface area contributed by atoms with Gasteiger partial charge in [-0.05, 0) is 31.2 Å². The first-order valence-electron chi connectivity index (χ1n) is 5.57. The van der Waals surface area contributed by atoms with Gasteiger partial charge in [-0.25, -0.2) is 0 Å². The Balaban J connectivity index is 2.46. The van der Waals surface area contributed by atoms with E-state index in [2.05, 4.69) is 4.98 Å². The van der Waals surface area contributed by atoms with Crippen molar-refractivity contribution in [2.75, 3.05) is 0 Å². The van der Waals surface area contributed by atoms with Crippen LogP contribution in [0.5, 0.6) is 0 Å². The van der Waals surface area contributed by atoms with Crippen LogP contribution in [-0.2, 0) is 11.8 Å². The van der Waals surface area contributed by atoms with Crippen LogP contribution in [0.2, 0.25) is 0 Å². The van der Waals surface area contributed by atoms with Crippen LogP contribution in [0.25, 0.3) is 0 Å². The van der Waals surface area contributed by atoms with Gasteiger partial charge in [-0.15, -0.1) is 0 Å². The highest BCUT2D eigenvalue weighted by molar-refractivity contribution is 5.32. The average molecular weight is 245 g/mol. The smallest absolute Gasteiger partial charge is 0.385 e. The summed E-state index contributed by atoms with van der Waals surface area (Å²) >= 11 is 0. The van der Waals surface area contributed by atoms with Gasteiger partial charge in [0.2, 0.25) is 0 Å². The summed E-state index contributed by atoms with van der Waals surface area (Å²) in [6.07, 6.45) is -0.734. The number of aliphatic hydroxyl groups is 1. The van der Waals surface area contributed by atoms with E-state index >= 15 is 0 Å². The molecule has 5 heteroatoms. The molecule has 2 unspecified atom stereocenters. The SMILES string of the molecule is CC1CCC(O)(c2cnccc2C(F)(F)F)C1. The van der Waals surface area contributed by atoms with Crippen LogP contribution in [0.1, 0.15) is 37.3 Å². The van der Waals surface area contributed by atoms with E-state index in [1.165, 1.54) is 0 Å². The molecular weight excluding hydrogens is 231 g/mol. The second kappa shape index (κ2) is 3.98. The van der Waals surface area contributed by atoms with Gasteiger partial charge in [-0.1, -0.05) is 6.92 Å². The van der Waals surface area contributed by atoms with E-state index < -0.39 is 17.3 Å². The third kappa shape index (κ3) is 2.29. The number of halogens is 3. The fourth-order valence-corrected chi connectivity index (χ4v) is 2.52. The molecule has 0 radical (unpaired) electrons. The van der Waals surface area contributed by atoms with Crippen LogP contribution in [0.4, 0.5) is 13.2 Å². The minimum Gasteiger partial charge on any atom is -0.385 e. The zero-order valence-electron chi connectivity index (χ0n) is 9.46. The van der Waals surface area contributed by atoms with Crippen LogP contribution >= 0.6 is 0 Å². The third-order valence-corrected chi connectivity index (χ3v) is 3.36. The van der Waals surface area contributed by atoms with E-state index in [1.807, 2.05) is 6.92 Å². The maximum absolute atomic E-state index is 12.8. The summed E-state index contributed by atoms with van der Waals surface area (Å²) in [5.41, 5.74) is -2.24. The van der Waals surface area contributed by atoms with Crippen molar-refractivity contribution in [2.45, 2.75) is 38.0 Å². The van der Waals surface area contributed by atoms with Crippen LogP contribution in [0.15, 0.2) is 18.5 Å². The Morgan fingerprint density at radius 2 is 2.18 bits per heavy atom. The second-order valence-corrected chi connectivity index (χ2v) is 4.80. The molecule has 0 aliphatic heterocycles. The fourth-order valence-electron chi connectivity index (χ4n) is 2.52. The molecule has 0 spiro atoms. The van der Waals surface area contributed by atoms with E-state index in [-0.39, 0.29) is 11.5 Å². The molecule has 1 heterocycles. The minimum atomic E-state index is -4.44. The number of nitrogens with zero attached hydrogens (tertiary/aromatic N) is 1. The van der Waals surface area contributed by atoms with Gasteiger partial charge in [0.1, 0.15) is 0 Å². The van der Waals surface area contributed by atoms with Crippen molar-refractivity contribution < 1.29 is 18.3 Å². The van der Waals surface area contributed by atoms with Gasteiger partial charge in [0.15, 0.2) is 0 Å². The normalized spacial score (nSPS) is 29.6. The standard InChI is InChI=1S/C12H14F3NO/c1-8-2-4-11(17,6-8)10-7-16-5-3-9(10)12(13,14)15/h3,5,7-8,17H,2,4,6H2,1H3. The molecule has 1 N–H and O–H groups in total. The van der Waals surface area contributed by atoms with Gasteiger partial charge in [0.25, 0.3) is 0 Å². The van der Waals surface area contributed by atoms with Gasteiger partial charge in [-0.3, -0.25) is 4.98 Å². The van der Waals surface area contributed by atoms with E-state index in [1.54, 1.807) is 0 Å². The predicted octanol–water partition coefficient (Wildman–Crippen LogP) is 3.11. The first-order valence-corrected chi connectivity index (χ1v) is 5.57. The summed E-state index contributed by atoms with van der Waals surface area (Å²) in [5.74, 6) is 0.237. The van der Waals surface area contributed by atoms with Gasteiger partial charge < -0.3 is 5.11 Å². The van der Waals surface area contributed by atoms with Crippen LogP contribution in [0.3, 0.4) is 0 Å². The molecule has 0 bridgehead atoms. The quantitative estimate of drug-likeness (QED) is 0.824. The van der Waals surface area contributed by atoms with Gasteiger partial charge in [0, 0.05) is 18.0 Å². The summed E-state index contributed by atoms with van der Waals surface area (Å²) in [6, 6.07) is 0.927. The molecule has 1 aliphatic carbocycles. The van der Waals surface area contributed by atoms with E-state index in [0.717, 1.165) is 24.9 Å². The lowest BCUT2D eigenvalue weighted by Gasteiger charge is -2.26. The maximum Gasteiger partial charge on any atom is 0.416 e. The number of aromatic nitrogens is 1. The first kappa shape index (κ1) is 12.4. The van der Waals surface area contributed by atoms with Crippen LogP contribution in [0, 0.1) is 5.92 Å². The van der Waals surface area contributed by atoms with Crippen molar-refractivity contribution in [2.24, 2.45) is 5.92 Å². The summed E-state index contributed by atoms with van der Waals surface area (Å²) in [4.78, 5) is 3.71. The molecule has 2 rings (SSSR count). The largest absolute Gasteiger partial charge is 0.416 e. The summed E-state index contributed by atoms with van der Waals surface area (Å²) in [7, 11) is 0.